The number of rotatable bonds is 13. The third-order valence-electron chi connectivity index (χ3n) is 7.60. The summed E-state index contributed by atoms with van der Waals surface area (Å²) in [5.41, 5.74) is 4.29. The van der Waals surface area contributed by atoms with Gasteiger partial charge in [0.2, 0.25) is 5.91 Å². The number of carbonyl (C=O) groups is 3. The third-order valence-corrected chi connectivity index (χ3v) is 8.25. The Morgan fingerprint density at radius 2 is 1.82 bits per heavy atom. The molecule has 1 saturated carbocycles. The molecule has 0 heterocycles. The third kappa shape index (κ3) is 9.13. The predicted molar refractivity (Wildman–Crippen MR) is 160 cm³/mol. The second-order valence-electron chi connectivity index (χ2n) is 10.5. The average molecular weight is 553 g/mol. The molecule has 39 heavy (non-hydrogen) atoms. The first-order valence-electron chi connectivity index (χ1n) is 14.2. The van der Waals surface area contributed by atoms with Crippen LogP contribution in [0.25, 0.3) is 11.1 Å². The SMILES string of the molecule is CCOC(=O)[C@H](CCSC)NC(=O)c1ccc(CN(CCC2CCCCC2)C(C)=O)cc1-c1ccccc1C. The van der Waals surface area contributed by atoms with Crippen molar-refractivity contribution in [1.82, 2.24) is 10.2 Å². The summed E-state index contributed by atoms with van der Waals surface area (Å²) in [5.74, 6) is 0.780. The Kier molecular flexibility index (Phi) is 12.4. The van der Waals surface area contributed by atoms with E-state index in [0.29, 0.717) is 24.4 Å². The highest BCUT2D eigenvalue weighted by molar-refractivity contribution is 7.98. The van der Waals surface area contributed by atoms with Crippen LogP contribution in [-0.4, -0.2) is 53.9 Å². The number of nitrogens with zero attached hydrogens (tertiary/aromatic N) is 1. The number of benzene rings is 2. The minimum atomic E-state index is -0.706. The van der Waals surface area contributed by atoms with Gasteiger partial charge < -0.3 is 15.0 Å². The van der Waals surface area contributed by atoms with E-state index >= 15 is 0 Å². The second kappa shape index (κ2) is 15.7. The monoisotopic (exact) mass is 552 g/mol. The topological polar surface area (TPSA) is 75.7 Å². The number of hydrogen-bond donors (Lipinski definition) is 1. The highest BCUT2D eigenvalue weighted by Gasteiger charge is 2.25. The lowest BCUT2D eigenvalue weighted by Gasteiger charge is -2.27. The first-order valence-corrected chi connectivity index (χ1v) is 15.6. The van der Waals surface area contributed by atoms with Crippen LogP contribution < -0.4 is 5.32 Å². The summed E-state index contributed by atoms with van der Waals surface area (Å²) in [5, 5.41) is 2.93. The Morgan fingerprint density at radius 3 is 2.49 bits per heavy atom. The summed E-state index contributed by atoms with van der Waals surface area (Å²) in [6.07, 6.45) is 9.94. The zero-order valence-electron chi connectivity index (χ0n) is 24.0. The standard InChI is InChI=1S/C32H44N2O4S/c1-5-38-32(37)30(18-20-39-4)33-31(36)28-16-15-26(21-29(28)27-14-10-9-11-23(27)2)22-34(24(3)35)19-17-25-12-7-6-8-13-25/h9-11,14-16,21,25,30H,5-8,12-13,17-20,22H2,1-4H3,(H,33,36)/t30-/m0/s1. The van der Waals surface area contributed by atoms with Crippen molar-refractivity contribution in [3.63, 3.8) is 0 Å². The van der Waals surface area contributed by atoms with Crippen LogP contribution >= 0.6 is 11.8 Å². The first-order chi connectivity index (χ1) is 18.8. The van der Waals surface area contributed by atoms with E-state index in [1.165, 1.54) is 32.1 Å². The van der Waals surface area contributed by atoms with Crippen LogP contribution in [0.3, 0.4) is 0 Å². The fourth-order valence-electron chi connectivity index (χ4n) is 5.33. The normalized spacial score (nSPS) is 14.5. The van der Waals surface area contributed by atoms with Gasteiger partial charge in [-0.15, -0.1) is 0 Å². The van der Waals surface area contributed by atoms with Gasteiger partial charge in [0.05, 0.1) is 6.61 Å². The van der Waals surface area contributed by atoms with Crippen molar-refractivity contribution in [2.45, 2.75) is 78.3 Å². The Hall–Kier alpha value is -2.80. The molecule has 0 spiro atoms. The van der Waals surface area contributed by atoms with E-state index in [2.05, 4.69) is 5.32 Å². The first kappa shape index (κ1) is 30.7. The lowest BCUT2D eigenvalue weighted by atomic mass is 9.87. The predicted octanol–water partition coefficient (Wildman–Crippen LogP) is 6.40. The van der Waals surface area contributed by atoms with Gasteiger partial charge in [-0.1, -0.05) is 62.4 Å². The van der Waals surface area contributed by atoms with Crippen LogP contribution in [0.1, 0.15) is 80.3 Å². The van der Waals surface area contributed by atoms with E-state index in [1.807, 2.05) is 60.5 Å². The number of nitrogens with one attached hydrogen (secondary N) is 1. The van der Waals surface area contributed by atoms with E-state index in [4.69, 9.17) is 4.74 Å². The average Bonchev–Trinajstić information content (AvgIpc) is 2.93. The summed E-state index contributed by atoms with van der Waals surface area (Å²) >= 11 is 1.62. The molecule has 1 aliphatic carbocycles. The molecular formula is C32H44N2O4S. The zero-order valence-corrected chi connectivity index (χ0v) is 24.8. The Balaban J connectivity index is 1.87. The molecule has 2 aromatic rings. The molecule has 0 aromatic heterocycles. The molecule has 212 valence electrons. The van der Waals surface area contributed by atoms with E-state index in [1.54, 1.807) is 25.6 Å². The number of aryl methyl sites for hydroxylation is 1. The van der Waals surface area contributed by atoms with E-state index in [-0.39, 0.29) is 18.4 Å². The second-order valence-corrected chi connectivity index (χ2v) is 11.5. The van der Waals surface area contributed by atoms with Crippen LogP contribution in [0.4, 0.5) is 0 Å². The van der Waals surface area contributed by atoms with E-state index in [0.717, 1.165) is 41.0 Å². The summed E-state index contributed by atoms with van der Waals surface area (Å²) < 4.78 is 5.22. The fourth-order valence-corrected chi connectivity index (χ4v) is 5.80. The molecule has 6 nitrogen and oxygen atoms in total. The summed E-state index contributed by atoms with van der Waals surface area (Å²) in [6.45, 7) is 6.94. The molecule has 0 unspecified atom stereocenters. The van der Waals surface area contributed by atoms with Gasteiger partial charge in [0.25, 0.3) is 5.91 Å². The van der Waals surface area contributed by atoms with Gasteiger partial charge in [0.1, 0.15) is 6.04 Å². The van der Waals surface area contributed by atoms with Crippen LogP contribution in [0.15, 0.2) is 42.5 Å². The fraction of sp³-hybridized carbons (Fsp3) is 0.531. The molecular weight excluding hydrogens is 508 g/mol. The maximum absolute atomic E-state index is 13.6. The van der Waals surface area contributed by atoms with Gasteiger partial charge in [-0.25, -0.2) is 4.79 Å². The van der Waals surface area contributed by atoms with Gasteiger partial charge in [0, 0.05) is 25.6 Å². The van der Waals surface area contributed by atoms with E-state index < -0.39 is 12.0 Å². The van der Waals surface area contributed by atoms with Crippen molar-refractivity contribution in [3.8, 4) is 11.1 Å². The molecule has 2 aromatic carbocycles. The molecule has 0 radical (unpaired) electrons. The van der Waals surface area contributed by atoms with Crippen LogP contribution in [0.2, 0.25) is 0 Å². The number of thioether (sulfide) groups is 1. The number of amides is 2. The molecule has 0 saturated heterocycles. The van der Waals surface area contributed by atoms with Crippen molar-refractivity contribution in [1.29, 1.82) is 0 Å². The van der Waals surface area contributed by atoms with Gasteiger partial charge >= 0.3 is 5.97 Å². The highest BCUT2D eigenvalue weighted by atomic mass is 32.2. The molecule has 1 atom stereocenters. The zero-order chi connectivity index (χ0) is 28.2. The van der Waals surface area contributed by atoms with Gasteiger partial charge in [-0.2, -0.15) is 11.8 Å². The van der Waals surface area contributed by atoms with Crippen molar-refractivity contribution >= 4 is 29.5 Å². The minimum Gasteiger partial charge on any atom is -0.464 e. The number of esters is 1. The number of hydrogen-bond acceptors (Lipinski definition) is 5. The lowest BCUT2D eigenvalue weighted by molar-refractivity contribution is -0.145. The van der Waals surface area contributed by atoms with Gasteiger partial charge in [0.15, 0.2) is 0 Å². The quantitative estimate of drug-likeness (QED) is 0.291. The Morgan fingerprint density at radius 1 is 1.08 bits per heavy atom. The van der Waals surface area contributed by atoms with Crippen molar-refractivity contribution in [3.05, 3.63) is 59.2 Å². The number of carbonyl (C=O) groups excluding carboxylic acids is 3. The summed E-state index contributed by atoms with van der Waals surface area (Å²) in [7, 11) is 0. The Bertz CT molecular complexity index is 1110. The molecule has 2 amide bonds. The highest BCUT2D eigenvalue weighted by Crippen LogP contribution is 2.30. The lowest BCUT2D eigenvalue weighted by Crippen LogP contribution is -2.42. The smallest absolute Gasteiger partial charge is 0.328 e. The maximum Gasteiger partial charge on any atom is 0.328 e. The van der Waals surface area contributed by atoms with Crippen LogP contribution in [-0.2, 0) is 20.9 Å². The van der Waals surface area contributed by atoms with Crippen LogP contribution in [0, 0.1) is 12.8 Å². The Labute approximate surface area is 238 Å². The molecule has 1 aliphatic rings. The van der Waals surface area contributed by atoms with Gasteiger partial charge in [-0.3, -0.25) is 9.59 Å². The van der Waals surface area contributed by atoms with Crippen molar-refractivity contribution in [2.24, 2.45) is 5.92 Å². The molecule has 0 bridgehead atoms. The van der Waals surface area contributed by atoms with Crippen molar-refractivity contribution in [2.75, 3.05) is 25.2 Å². The summed E-state index contributed by atoms with van der Waals surface area (Å²) in [6, 6.07) is 13.0. The van der Waals surface area contributed by atoms with Crippen LogP contribution in [0.5, 0.6) is 0 Å². The maximum atomic E-state index is 13.6. The molecule has 0 aliphatic heterocycles. The molecule has 1 N–H and O–H groups in total. The summed E-state index contributed by atoms with van der Waals surface area (Å²) in [4.78, 5) is 40.6. The molecule has 7 heteroatoms. The molecule has 3 rings (SSSR count). The van der Waals surface area contributed by atoms with Gasteiger partial charge in [-0.05, 0) is 79.0 Å². The minimum absolute atomic E-state index is 0.0659. The van der Waals surface area contributed by atoms with E-state index in [9.17, 15) is 14.4 Å². The largest absolute Gasteiger partial charge is 0.464 e. The number of ether oxygens (including phenoxy) is 1. The molecule has 1 fully saturated rings. The van der Waals surface area contributed by atoms with Crippen molar-refractivity contribution < 1.29 is 19.1 Å².